The molecule has 3 aromatic rings. The molecular weight excluding hydrogens is 368 g/mol. The van der Waals surface area contributed by atoms with Gasteiger partial charge in [-0.1, -0.05) is 54.1 Å². The molecule has 1 N–H and O–H groups in total. The van der Waals surface area contributed by atoms with E-state index < -0.39 is 0 Å². The average molecular weight is 391 g/mol. The van der Waals surface area contributed by atoms with Gasteiger partial charge < -0.3 is 10.2 Å². The fraction of sp³-hybridized carbons (Fsp3) is 0.217. The predicted octanol–water partition coefficient (Wildman–Crippen LogP) is 4.56. The zero-order chi connectivity index (χ0) is 19.5. The molecule has 0 fully saturated rings. The molecule has 1 unspecified atom stereocenters. The Morgan fingerprint density at radius 3 is 2.71 bits per heavy atom. The van der Waals surface area contributed by atoms with Gasteiger partial charge in [-0.05, 0) is 36.4 Å². The van der Waals surface area contributed by atoms with E-state index in [0.29, 0.717) is 12.8 Å². The minimum Gasteiger partial charge on any atom is -0.324 e. The summed E-state index contributed by atoms with van der Waals surface area (Å²) >= 11 is 1.61. The summed E-state index contributed by atoms with van der Waals surface area (Å²) in [5.41, 5.74) is 3.99. The lowest BCUT2D eigenvalue weighted by atomic mass is 9.99. The summed E-state index contributed by atoms with van der Waals surface area (Å²) in [6.07, 6.45) is 1.04. The van der Waals surface area contributed by atoms with Crippen LogP contribution in [0.1, 0.15) is 34.0 Å². The quantitative estimate of drug-likeness (QED) is 0.710. The molecule has 1 aliphatic heterocycles. The zero-order valence-corrected chi connectivity index (χ0v) is 16.5. The number of carbonyl (C=O) groups is 2. The monoisotopic (exact) mass is 390 g/mol. The van der Waals surface area contributed by atoms with E-state index in [1.807, 2.05) is 66.9 Å². The van der Waals surface area contributed by atoms with Crippen molar-refractivity contribution in [2.24, 2.45) is 0 Å². The van der Waals surface area contributed by atoms with Gasteiger partial charge in [0.1, 0.15) is 6.54 Å². The van der Waals surface area contributed by atoms with Crippen LogP contribution >= 0.6 is 11.3 Å². The van der Waals surface area contributed by atoms with Crippen LogP contribution in [-0.4, -0.2) is 23.3 Å². The molecule has 2 heterocycles. The topological polar surface area (TPSA) is 49.4 Å². The smallest absolute Gasteiger partial charge is 0.244 e. The van der Waals surface area contributed by atoms with Gasteiger partial charge in [0.15, 0.2) is 0 Å². The van der Waals surface area contributed by atoms with Crippen molar-refractivity contribution in [3.63, 3.8) is 0 Å². The van der Waals surface area contributed by atoms with Gasteiger partial charge in [0.05, 0.1) is 6.04 Å². The van der Waals surface area contributed by atoms with Crippen LogP contribution in [0.2, 0.25) is 0 Å². The number of amides is 2. The van der Waals surface area contributed by atoms with Gasteiger partial charge in [-0.15, -0.1) is 11.3 Å². The number of anilines is 1. The predicted molar refractivity (Wildman–Crippen MR) is 112 cm³/mol. The largest absolute Gasteiger partial charge is 0.324 e. The van der Waals surface area contributed by atoms with Gasteiger partial charge in [0, 0.05) is 22.5 Å². The van der Waals surface area contributed by atoms with E-state index in [1.54, 1.807) is 16.2 Å². The van der Waals surface area contributed by atoms with Gasteiger partial charge in [0.2, 0.25) is 11.8 Å². The van der Waals surface area contributed by atoms with E-state index in [0.717, 1.165) is 27.3 Å². The maximum Gasteiger partial charge on any atom is 0.244 e. The molecule has 1 aromatic heterocycles. The van der Waals surface area contributed by atoms with Crippen LogP contribution in [0.4, 0.5) is 5.69 Å². The van der Waals surface area contributed by atoms with Crippen molar-refractivity contribution in [1.82, 2.24) is 4.90 Å². The molecule has 4 nitrogen and oxygen atoms in total. The first-order valence-electron chi connectivity index (χ1n) is 9.39. The number of fused-ring (bicyclic) bond motifs is 1. The Morgan fingerprint density at radius 2 is 1.96 bits per heavy atom. The minimum atomic E-state index is -0.253. The molecule has 5 heteroatoms. The van der Waals surface area contributed by atoms with Crippen molar-refractivity contribution in [2.45, 2.75) is 25.8 Å². The Kier molecular flexibility index (Phi) is 5.26. The van der Waals surface area contributed by atoms with Gasteiger partial charge >= 0.3 is 0 Å². The number of nitrogens with one attached hydrogen (secondary N) is 1. The number of thiophene rings is 1. The van der Waals surface area contributed by atoms with Crippen LogP contribution in [-0.2, 0) is 16.0 Å². The molecule has 142 valence electrons. The Morgan fingerprint density at radius 1 is 1.14 bits per heavy atom. The summed E-state index contributed by atoms with van der Waals surface area (Å²) in [5.74, 6) is -0.163. The number of benzene rings is 2. The highest BCUT2D eigenvalue weighted by Crippen LogP contribution is 2.38. The van der Waals surface area contributed by atoms with Crippen molar-refractivity contribution < 1.29 is 9.59 Å². The molecule has 4 rings (SSSR count). The lowest BCUT2D eigenvalue weighted by Crippen LogP contribution is -2.38. The van der Waals surface area contributed by atoms with Crippen LogP contribution in [0.3, 0.4) is 0 Å². The fourth-order valence-corrected chi connectivity index (χ4v) is 4.51. The molecule has 2 aromatic carbocycles. The third kappa shape index (κ3) is 3.85. The first-order valence-corrected chi connectivity index (χ1v) is 10.3. The van der Waals surface area contributed by atoms with Crippen molar-refractivity contribution in [3.8, 4) is 0 Å². The fourth-order valence-electron chi connectivity index (χ4n) is 3.65. The Hall–Kier alpha value is -2.92. The lowest BCUT2D eigenvalue weighted by molar-refractivity contribution is -0.136. The van der Waals surface area contributed by atoms with Gasteiger partial charge in [-0.2, -0.15) is 0 Å². The summed E-state index contributed by atoms with van der Waals surface area (Å²) < 4.78 is 0. The molecule has 28 heavy (non-hydrogen) atoms. The van der Waals surface area contributed by atoms with Crippen LogP contribution in [0.15, 0.2) is 66.0 Å². The summed E-state index contributed by atoms with van der Waals surface area (Å²) in [7, 11) is 0. The van der Waals surface area contributed by atoms with Crippen LogP contribution in [0.25, 0.3) is 0 Å². The summed E-state index contributed by atoms with van der Waals surface area (Å²) in [4.78, 5) is 28.6. The molecule has 0 radical (unpaired) electrons. The SMILES string of the molecule is Cc1ccc2c(c1)C(c1cccs1)N(C(=O)CCc1ccccc1)CC(=O)N2. The second kappa shape index (κ2) is 7.98. The molecule has 1 atom stereocenters. The Balaban J connectivity index is 1.69. The maximum atomic E-state index is 13.2. The number of aryl methyl sites for hydroxylation is 2. The molecule has 0 spiro atoms. The lowest BCUT2D eigenvalue weighted by Gasteiger charge is -2.29. The number of rotatable bonds is 4. The first-order chi connectivity index (χ1) is 13.6. The second-order valence-electron chi connectivity index (χ2n) is 7.06. The van der Waals surface area contributed by atoms with E-state index in [1.165, 1.54) is 0 Å². The molecule has 0 aliphatic carbocycles. The minimum absolute atomic E-state index is 0.00763. The Bertz CT molecular complexity index is 983. The van der Waals surface area contributed by atoms with E-state index >= 15 is 0 Å². The average Bonchev–Trinajstić information content (AvgIpc) is 3.18. The molecule has 1 aliphatic rings. The van der Waals surface area contributed by atoms with Crippen molar-refractivity contribution in [1.29, 1.82) is 0 Å². The van der Waals surface area contributed by atoms with Crippen LogP contribution in [0.5, 0.6) is 0 Å². The highest BCUT2D eigenvalue weighted by Gasteiger charge is 2.33. The second-order valence-corrected chi connectivity index (χ2v) is 8.04. The van der Waals surface area contributed by atoms with Crippen molar-refractivity contribution >= 4 is 28.8 Å². The normalized spacial score (nSPS) is 16.2. The van der Waals surface area contributed by atoms with Gasteiger partial charge in [0.25, 0.3) is 0 Å². The standard InChI is InChI=1S/C23H22N2O2S/c1-16-9-11-19-18(14-16)23(20-8-5-13-28-20)25(15-21(26)24-19)22(27)12-10-17-6-3-2-4-7-17/h2-9,11,13-14,23H,10,12,15H2,1H3,(H,24,26). The Labute approximate surface area is 168 Å². The summed E-state index contributed by atoms with van der Waals surface area (Å²) in [6.45, 7) is 2.09. The number of hydrogen-bond donors (Lipinski definition) is 1. The first kappa shape index (κ1) is 18.4. The highest BCUT2D eigenvalue weighted by atomic mass is 32.1. The molecule has 0 bridgehead atoms. The van der Waals surface area contributed by atoms with Gasteiger partial charge in [-0.3, -0.25) is 9.59 Å². The van der Waals surface area contributed by atoms with Crippen molar-refractivity contribution in [3.05, 3.63) is 87.6 Å². The summed E-state index contributed by atoms with van der Waals surface area (Å²) in [6, 6.07) is 19.7. The number of carbonyl (C=O) groups excluding carboxylic acids is 2. The van der Waals surface area contributed by atoms with Crippen LogP contribution in [0, 0.1) is 6.92 Å². The number of nitrogens with zero attached hydrogens (tertiary/aromatic N) is 1. The number of hydrogen-bond acceptors (Lipinski definition) is 3. The highest BCUT2D eigenvalue weighted by molar-refractivity contribution is 7.10. The zero-order valence-electron chi connectivity index (χ0n) is 15.7. The third-order valence-electron chi connectivity index (χ3n) is 5.00. The van der Waals surface area contributed by atoms with E-state index in [-0.39, 0.29) is 24.4 Å². The van der Waals surface area contributed by atoms with Crippen LogP contribution < -0.4 is 5.32 Å². The van der Waals surface area contributed by atoms with E-state index in [9.17, 15) is 9.59 Å². The van der Waals surface area contributed by atoms with E-state index in [2.05, 4.69) is 11.4 Å². The molecule has 0 saturated carbocycles. The maximum absolute atomic E-state index is 13.2. The molecule has 2 amide bonds. The van der Waals surface area contributed by atoms with E-state index in [4.69, 9.17) is 0 Å². The van der Waals surface area contributed by atoms with Gasteiger partial charge in [-0.25, -0.2) is 0 Å². The molecule has 0 saturated heterocycles. The van der Waals surface area contributed by atoms with Crippen molar-refractivity contribution in [2.75, 3.05) is 11.9 Å². The molecular formula is C23H22N2O2S. The third-order valence-corrected chi connectivity index (χ3v) is 5.93. The summed E-state index contributed by atoms with van der Waals surface area (Å²) in [5, 5.41) is 4.98.